The second-order valence-electron chi connectivity index (χ2n) is 6.25. The molecule has 2 rings (SSSR count). The molecule has 1 aliphatic heterocycles. The zero-order valence-corrected chi connectivity index (χ0v) is 11.7. The van der Waals surface area contributed by atoms with Crippen LogP contribution in [0, 0.1) is 11.8 Å². The second-order valence-corrected chi connectivity index (χ2v) is 6.25. The Morgan fingerprint density at radius 3 is 2.53 bits per heavy atom. The lowest BCUT2D eigenvalue weighted by Crippen LogP contribution is -2.26. The van der Waals surface area contributed by atoms with Crippen LogP contribution in [-0.4, -0.2) is 13.1 Å². The van der Waals surface area contributed by atoms with Crippen LogP contribution < -0.4 is 5.32 Å². The van der Waals surface area contributed by atoms with Gasteiger partial charge in [-0.25, -0.2) is 0 Å². The van der Waals surface area contributed by atoms with E-state index in [0.29, 0.717) is 0 Å². The molecule has 0 radical (unpaired) electrons. The molecule has 1 fully saturated rings. The maximum absolute atomic E-state index is 3.49. The first kappa shape index (κ1) is 13.1. The minimum atomic E-state index is 0.919. The molecule has 0 spiro atoms. The largest absolute Gasteiger partial charge is 0.313 e. The molecule has 98 valence electrons. The van der Waals surface area contributed by atoms with Crippen LogP contribution in [0.5, 0.6) is 0 Å². The van der Waals surface area contributed by atoms with Crippen LogP contribution in [0.4, 0.5) is 0 Å². The van der Waals surface area contributed by atoms with Gasteiger partial charge in [0.1, 0.15) is 0 Å². The first-order valence-corrected chi connectivity index (χ1v) is 7.66. The third-order valence-corrected chi connectivity index (χ3v) is 4.75. The van der Waals surface area contributed by atoms with Crippen LogP contribution in [0.1, 0.15) is 65.2 Å². The predicted octanol–water partition coefficient (Wildman–Crippen LogP) is 4.29. The zero-order valence-electron chi connectivity index (χ0n) is 11.7. The van der Waals surface area contributed by atoms with Crippen LogP contribution in [0.15, 0.2) is 11.1 Å². The summed E-state index contributed by atoms with van der Waals surface area (Å²) in [5.74, 6) is 1.89. The normalized spacial score (nSPS) is 32.8. The van der Waals surface area contributed by atoms with E-state index in [1.54, 1.807) is 5.57 Å². The molecule has 2 aliphatic rings. The fourth-order valence-electron chi connectivity index (χ4n) is 3.61. The Hall–Kier alpha value is -0.300. The lowest BCUT2D eigenvalue weighted by molar-refractivity contribution is 0.443. The van der Waals surface area contributed by atoms with E-state index in [9.17, 15) is 0 Å². The maximum Gasteiger partial charge on any atom is 0.0164 e. The van der Waals surface area contributed by atoms with Crippen molar-refractivity contribution in [3.63, 3.8) is 0 Å². The van der Waals surface area contributed by atoms with Crippen molar-refractivity contribution in [3.8, 4) is 0 Å². The van der Waals surface area contributed by atoms with Crippen molar-refractivity contribution in [2.24, 2.45) is 11.8 Å². The van der Waals surface area contributed by atoms with E-state index in [1.807, 2.05) is 5.57 Å². The van der Waals surface area contributed by atoms with Crippen LogP contribution in [-0.2, 0) is 0 Å². The van der Waals surface area contributed by atoms with Gasteiger partial charge in [0.15, 0.2) is 0 Å². The van der Waals surface area contributed by atoms with E-state index in [1.165, 1.54) is 57.9 Å². The summed E-state index contributed by atoms with van der Waals surface area (Å²) in [6.07, 6.45) is 11.5. The van der Waals surface area contributed by atoms with Gasteiger partial charge < -0.3 is 5.32 Å². The van der Waals surface area contributed by atoms with E-state index in [4.69, 9.17) is 0 Å². The van der Waals surface area contributed by atoms with Gasteiger partial charge in [0.05, 0.1) is 0 Å². The van der Waals surface area contributed by atoms with Gasteiger partial charge in [-0.05, 0) is 44.6 Å². The zero-order chi connectivity index (χ0) is 12.1. The summed E-state index contributed by atoms with van der Waals surface area (Å²) in [4.78, 5) is 0. The van der Waals surface area contributed by atoms with Gasteiger partial charge in [0.2, 0.25) is 0 Å². The van der Waals surface area contributed by atoms with Crippen molar-refractivity contribution in [1.29, 1.82) is 0 Å². The molecule has 0 saturated heterocycles. The highest BCUT2D eigenvalue weighted by Gasteiger charge is 2.20. The molecule has 1 saturated carbocycles. The van der Waals surface area contributed by atoms with E-state index in [2.05, 4.69) is 19.2 Å². The van der Waals surface area contributed by atoms with Crippen LogP contribution in [0.3, 0.4) is 0 Å². The second kappa shape index (κ2) is 6.58. The van der Waals surface area contributed by atoms with Gasteiger partial charge >= 0.3 is 0 Å². The summed E-state index contributed by atoms with van der Waals surface area (Å²) in [5.41, 5.74) is 3.46. The molecule has 1 heteroatoms. The first-order chi connectivity index (χ1) is 8.27. The highest BCUT2D eigenvalue weighted by atomic mass is 14.9. The topological polar surface area (TPSA) is 12.0 Å². The van der Waals surface area contributed by atoms with Gasteiger partial charge in [0, 0.05) is 6.54 Å². The summed E-state index contributed by atoms with van der Waals surface area (Å²) >= 11 is 0. The lowest BCUT2D eigenvalue weighted by atomic mass is 9.83. The lowest BCUT2D eigenvalue weighted by Gasteiger charge is -2.26. The summed E-state index contributed by atoms with van der Waals surface area (Å²) in [7, 11) is 0. The number of hydrogen-bond donors (Lipinski definition) is 1. The molecular weight excluding hydrogens is 206 g/mol. The quantitative estimate of drug-likeness (QED) is 0.668. The molecular formula is C16H29N. The molecule has 0 aromatic rings. The molecule has 2 atom stereocenters. The van der Waals surface area contributed by atoms with E-state index in [0.717, 1.165) is 18.4 Å². The molecule has 1 heterocycles. The van der Waals surface area contributed by atoms with Crippen molar-refractivity contribution in [1.82, 2.24) is 5.32 Å². The fourth-order valence-corrected chi connectivity index (χ4v) is 3.61. The van der Waals surface area contributed by atoms with Crippen molar-refractivity contribution in [3.05, 3.63) is 11.1 Å². The van der Waals surface area contributed by atoms with Gasteiger partial charge in [-0.3, -0.25) is 0 Å². The van der Waals surface area contributed by atoms with Gasteiger partial charge in [0.25, 0.3) is 0 Å². The summed E-state index contributed by atoms with van der Waals surface area (Å²) in [5, 5.41) is 3.49. The molecule has 2 unspecified atom stereocenters. The SMILES string of the molecule is CC1=C(C2CCCCC(C)CCC2)CCNC1. The molecule has 0 aromatic carbocycles. The van der Waals surface area contributed by atoms with E-state index < -0.39 is 0 Å². The predicted molar refractivity (Wildman–Crippen MR) is 75.2 cm³/mol. The Morgan fingerprint density at radius 1 is 1.00 bits per heavy atom. The Morgan fingerprint density at radius 2 is 1.71 bits per heavy atom. The molecule has 17 heavy (non-hydrogen) atoms. The molecule has 0 aromatic heterocycles. The number of hydrogen-bond acceptors (Lipinski definition) is 1. The van der Waals surface area contributed by atoms with Crippen molar-refractivity contribution in [2.75, 3.05) is 13.1 Å². The third-order valence-electron chi connectivity index (χ3n) is 4.75. The standard InChI is InChI=1S/C16H29N/c1-13-6-3-4-8-15(9-5-7-13)16-10-11-17-12-14(16)2/h13,15,17H,3-12H2,1-2H3. The molecule has 0 bridgehead atoms. The van der Waals surface area contributed by atoms with Crippen molar-refractivity contribution < 1.29 is 0 Å². The maximum atomic E-state index is 3.49. The summed E-state index contributed by atoms with van der Waals surface area (Å²) < 4.78 is 0. The van der Waals surface area contributed by atoms with Crippen LogP contribution >= 0.6 is 0 Å². The highest BCUT2D eigenvalue weighted by molar-refractivity contribution is 5.19. The van der Waals surface area contributed by atoms with Crippen LogP contribution in [0.2, 0.25) is 0 Å². The smallest absolute Gasteiger partial charge is 0.0164 e. The van der Waals surface area contributed by atoms with Crippen molar-refractivity contribution >= 4 is 0 Å². The molecule has 1 nitrogen and oxygen atoms in total. The van der Waals surface area contributed by atoms with Gasteiger partial charge in [-0.2, -0.15) is 0 Å². The minimum Gasteiger partial charge on any atom is -0.313 e. The highest BCUT2D eigenvalue weighted by Crippen LogP contribution is 2.33. The van der Waals surface area contributed by atoms with E-state index >= 15 is 0 Å². The average molecular weight is 235 g/mol. The Kier molecular flexibility index (Phi) is 5.09. The van der Waals surface area contributed by atoms with Gasteiger partial charge in [-0.1, -0.05) is 50.2 Å². The Balaban J connectivity index is 1.98. The average Bonchev–Trinajstić information content (AvgIpc) is 2.42. The minimum absolute atomic E-state index is 0.919. The molecule has 1 N–H and O–H groups in total. The summed E-state index contributed by atoms with van der Waals surface area (Å²) in [6, 6.07) is 0. The van der Waals surface area contributed by atoms with Crippen molar-refractivity contribution in [2.45, 2.75) is 65.2 Å². The first-order valence-electron chi connectivity index (χ1n) is 7.66. The molecule has 1 aliphatic carbocycles. The number of rotatable bonds is 1. The fraction of sp³-hybridized carbons (Fsp3) is 0.875. The Bertz CT molecular complexity index is 267. The van der Waals surface area contributed by atoms with Crippen LogP contribution in [0.25, 0.3) is 0 Å². The summed E-state index contributed by atoms with van der Waals surface area (Å²) in [6.45, 7) is 7.13. The monoisotopic (exact) mass is 235 g/mol. The Labute approximate surface area is 107 Å². The van der Waals surface area contributed by atoms with Gasteiger partial charge in [-0.15, -0.1) is 0 Å². The third kappa shape index (κ3) is 3.84. The number of nitrogens with one attached hydrogen (secondary N) is 1. The van der Waals surface area contributed by atoms with E-state index in [-0.39, 0.29) is 0 Å². The molecule has 0 amide bonds.